The third-order valence-corrected chi connectivity index (χ3v) is 2.48. The van der Waals surface area contributed by atoms with Crippen LogP contribution in [0, 0.1) is 17.5 Å². The van der Waals surface area contributed by atoms with E-state index in [0.29, 0.717) is 6.07 Å². The molecular formula is C9H6BrF3O2. The van der Waals surface area contributed by atoms with Crippen LogP contribution in [0.4, 0.5) is 13.2 Å². The van der Waals surface area contributed by atoms with Crippen molar-refractivity contribution in [2.24, 2.45) is 0 Å². The van der Waals surface area contributed by atoms with Crippen LogP contribution in [0.5, 0.6) is 0 Å². The number of hydrogen-bond donors (Lipinski definition) is 0. The van der Waals surface area contributed by atoms with Crippen LogP contribution in [0.25, 0.3) is 0 Å². The van der Waals surface area contributed by atoms with Gasteiger partial charge in [-0.2, -0.15) is 0 Å². The predicted molar refractivity (Wildman–Crippen MR) is 49.7 cm³/mol. The van der Waals surface area contributed by atoms with E-state index in [1.807, 2.05) is 0 Å². The second-order valence-corrected chi connectivity index (χ2v) is 3.49. The first-order valence-electron chi connectivity index (χ1n) is 3.86. The highest BCUT2D eigenvalue weighted by Gasteiger charge is 2.19. The van der Waals surface area contributed by atoms with Crippen LogP contribution in [0.2, 0.25) is 0 Å². The molecule has 0 radical (unpaired) electrons. The average molecular weight is 283 g/mol. The van der Waals surface area contributed by atoms with Crippen molar-refractivity contribution < 1.29 is 22.7 Å². The molecular weight excluding hydrogens is 277 g/mol. The number of carbonyl (C=O) groups excluding carboxylic acids is 1. The highest BCUT2D eigenvalue weighted by Crippen LogP contribution is 2.25. The van der Waals surface area contributed by atoms with E-state index in [1.54, 1.807) is 0 Å². The Hall–Kier alpha value is -1.04. The molecule has 82 valence electrons. The van der Waals surface area contributed by atoms with Crippen molar-refractivity contribution in [3.63, 3.8) is 0 Å². The molecule has 1 aromatic rings. The van der Waals surface area contributed by atoms with Gasteiger partial charge in [0.2, 0.25) is 0 Å². The van der Waals surface area contributed by atoms with Gasteiger partial charge < -0.3 is 4.74 Å². The van der Waals surface area contributed by atoms with Gasteiger partial charge in [-0.3, -0.25) is 4.79 Å². The minimum atomic E-state index is -1.13. The van der Waals surface area contributed by atoms with Crippen molar-refractivity contribution >= 4 is 21.9 Å². The van der Waals surface area contributed by atoms with Crippen LogP contribution in [-0.4, -0.2) is 13.1 Å². The molecule has 0 aliphatic heterocycles. The maximum Gasteiger partial charge on any atom is 0.310 e. The smallest absolute Gasteiger partial charge is 0.310 e. The van der Waals surface area contributed by atoms with Gasteiger partial charge in [-0.25, -0.2) is 13.2 Å². The fourth-order valence-electron chi connectivity index (χ4n) is 0.982. The Balaban J connectivity index is 3.18. The summed E-state index contributed by atoms with van der Waals surface area (Å²) in [5, 5.41) is 0. The molecule has 0 aliphatic carbocycles. The van der Waals surface area contributed by atoms with Crippen LogP contribution in [0.15, 0.2) is 10.5 Å². The SMILES string of the molecule is COC(=O)Cc1c(F)cc(F)c(Br)c1F. The summed E-state index contributed by atoms with van der Waals surface area (Å²) >= 11 is 2.61. The third-order valence-electron chi connectivity index (χ3n) is 1.76. The molecule has 6 heteroatoms. The summed E-state index contributed by atoms with van der Waals surface area (Å²) in [6, 6.07) is 0.505. The lowest BCUT2D eigenvalue weighted by Crippen LogP contribution is -2.09. The van der Waals surface area contributed by atoms with E-state index in [1.165, 1.54) is 0 Å². The van der Waals surface area contributed by atoms with Crippen molar-refractivity contribution in [1.82, 2.24) is 0 Å². The zero-order valence-corrected chi connectivity index (χ0v) is 9.20. The quantitative estimate of drug-likeness (QED) is 0.474. The Morgan fingerprint density at radius 2 is 2.00 bits per heavy atom. The molecule has 0 N–H and O–H groups in total. The van der Waals surface area contributed by atoms with Crippen LogP contribution in [-0.2, 0) is 16.0 Å². The maximum absolute atomic E-state index is 13.3. The number of carbonyl (C=O) groups is 1. The monoisotopic (exact) mass is 282 g/mol. The standard InChI is InChI=1S/C9H6BrF3O2/c1-15-7(14)2-4-5(11)3-6(12)8(10)9(4)13/h3H,2H2,1H3. The number of esters is 1. The minimum Gasteiger partial charge on any atom is -0.469 e. The Kier molecular flexibility index (Phi) is 3.73. The van der Waals surface area contributed by atoms with E-state index >= 15 is 0 Å². The number of hydrogen-bond acceptors (Lipinski definition) is 2. The molecule has 0 bridgehead atoms. The molecule has 0 spiro atoms. The summed E-state index contributed by atoms with van der Waals surface area (Å²) in [7, 11) is 1.09. The normalized spacial score (nSPS) is 10.2. The lowest BCUT2D eigenvalue weighted by atomic mass is 10.1. The molecule has 0 aliphatic rings. The van der Waals surface area contributed by atoms with Crippen molar-refractivity contribution in [2.75, 3.05) is 7.11 Å². The first kappa shape index (κ1) is 12.0. The summed E-state index contributed by atoms with van der Waals surface area (Å²) < 4.78 is 42.9. The van der Waals surface area contributed by atoms with Crippen LogP contribution >= 0.6 is 15.9 Å². The first-order chi connectivity index (χ1) is 6.97. The maximum atomic E-state index is 13.3. The summed E-state index contributed by atoms with van der Waals surface area (Å²) in [4.78, 5) is 10.8. The van der Waals surface area contributed by atoms with Gasteiger partial charge in [-0.05, 0) is 15.9 Å². The Morgan fingerprint density at radius 1 is 1.40 bits per heavy atom. The highest BCUT2D eigenvalue weighted by atomic mass is 79.9. The van der Waals surface area contributed by atoms with E-state index in [2.05, 4.69) is 20.7 Å². The summed E-state index contributed by atoms with van der Waals surface area (Å²) in [6.07, 6.45) is -0.576. The van der Waals surface area contributed by atoms with Gasteiger partial charge in [0.1, 0.15) is 17.5 Å². The van der Waals surface area contributed by atoms with Gasteiger partial charge in [0.05, 0.1) is 18.0 Å². The number of rotatable bonds is 2. The fourth-order valence-corrected chi connectivity index (χ4v) is 1.34. The summed E-state index contributed by atoms with van der Waals surface area (Å²) in [6.45, 7) is 0. The van der Waals surface area contributed by atoms with Crippen LogP contribution in [0.3, 0.4) is 0 Å². The first-order valence-corrected chi connectivity index (χ1v) is 4.65. The van der Waals surface area contributed by atoms with Gasteiger partial charge in [-0.1, -0.05) is 0 Å². The van der Waals surface area contributed by atoms with E-state index in [0.717, 1.165) is 7.11 Å². The van der Waals surface area contributed by atoms with Crippen molar-refractivity contribution in [2.45, 2.75) is 6.42 Å². The van der Waals surface area contributed by atoms with Gasteiger partial charge in [-0.15, -0.1) is 0 Å². The molecule has 0 amide bonds. The second-order valence-electron chi connectivity index (χ2n) is 2.70. The van der Waals surface area contributed by atoms with E-state index in [4.69, 9.17) is 0 Å². The second kappa shape index (κ2) is 4.65. The largest absolute Gasteiger partial charge is 0.469 e. The number of halogens is 4. The molecule has 0 saturated heterocycles. The molecule has 1 rings (SSSR count). The van der Waals surface area contributed by atoms with Gasteiger partial charge in [0.15, 0.2) is 0 Å². The Bertz CT molecular complexity index is 407. The molecule has 0 saturated carbocycles. The number of ether oxygens (including phenoxy) is 1. The molecule has 0 fully saturated rings. The van der Waals surface area contributed by atoms with Crippen LogP contribution < -0.4 is 0 Å². The van der Waals surface area contributed by atoms with E-state index in [-0.39, 0.29) is 0 Å². The lowest BCUT2D eigenvalue weighted by Gasteiger charge is -2.06. The molecule has 2 nitrogen and oxygen atoms in total. The molecule has 0 atom stereocenters. The predicted octanol–water partition coefficient (Wildman–Crippen LogP) is 2.58. The minimum absolute atomic E-state index is 0.497. The Morgan fingerprint density at radius 3 is 2.53 bits per heavy atom. The van der Waals surface area contributed by atoms with Crippen molar-refractivity contribution in [1.29, 1.82) is 0 Å². The summed E-state index contributed by atoms with van der Waals surface area (Å²) in [5.74, 6) is -4.10. The number of methoxy groups -OCH3 is 1. The topological polar surface area (TPSA) is 26.3 Å². The molecule has 1 aromatic carbocycles. The van der Waals surface area contributed by atoms with E-state index in [9.17, 15) is 18.0 Å². The zero-order chi connectivity index (χ0) is 11.6. The molecule has 0 heterocycles. The number of benzene rings is 1. The molecule has 0 aromatic heterocycles. The molecule has 0 unspecified atom stereocenters. The third kappa shape index (κ3) is 2.50. The lowest BCUT2D eigenvalue weighted by molar-refractivity contribution is -0.139. The van der Waals surface area contributed by atoms with E-state index < -0.39 is 39.9 Å². The molecule has 15 heavy (non-hydrogen) atoms. The fraction of sp³-hybridized carbons (Fsp3) is 0.222. The average Bonchev–Trinajstić information content (AvgIpc) is 2.21. The van der Waals surface area contributed by atoms with Gasteiger partial charge in [0, 0.05) is 11.6 Å². The summed E-state index contributed by atoms with van der Waals surface area (Å²) in [5.41, 5.74) is -0.518. The van der Waals surface area contributed by atoms with Crippen LogP contribution in [0.1, 0.15) is 5.56 Å². The van der Waals surface area contributed by atoms with Crippen molar-refractivity contribution in [3.05, 3.63) is 33.6 Å². The highest BCUT2D eigenvalue weighted by molar-refractivity contribution is 9.10. The van der Waals surface area contributed by atoms with Crippen molar-refractivity contribution in [3.8, 4) is 0 Å². The van der Waals surface area contributed by atoms with Gasteiger partial charge in [0.25, 0.3) is 0 Å². The van der Waals surface area contributed by atoms with Gasteiger partial charge >= 0.3 is 5.97 Å². The Labute approximate surface area is 92.2 Å². The zero-order valence-electron chi connectivity index (χ0n) is 7.61.